The molecule has 6 heteroatoms. The minimum Gasteiger partial charge on any atom is -0.355 e. The number of benzene rings is 1. The molecular weight excluding hydrogens is 350 g/mol. The number of rotatable bonds is 4. The second kappa shape index (κ2) is 8.17. The number of nitrogens with one attached hydrogen (secondary N) is 1. The van der Waals surface area contributed by atoms with Gasteiger partial charge in [-0.05, 0) is 55.7 Å². The highest BCUT2D eigenvalue weighted by Crippen LogP contribution is 2.25. The fourth-order valence-corrected chi connectivity index (χ4v) is 3.49. The van der Waals surface area contributed by atoms with E-state index in [1.54, 1.807) is 12.4 Å². The van der Waals surface area contributed by atoms with Gasteiger partial charge in [0, 0.05) is 42.7 Å². The molecule has 28 heavy (non-hydrogen) atoms. The number of aryl methyl sites for hydroxylation is 1. The molecule has 1 aliphatic heterocycles. The van der Waals surface area contributed by atoms with Gasteiger partial charge in [-0.15, -0.1) is 10.2 Å². The zero-order valence-electron chi connectivity index (χ0n) is 15.9. The molecule has 6 nitrogen and oxygen atoms in total. The summed E-state index contributed by atoms with van der Waals surface area (Å²) in [5, 5.41) is 11.8. The van der Waals surface area contributed by atoms with Crippen molar-refractivity contribution in [3.8, 4) is 11.3 Å². The third-order valence-corrected chi connectivity index (χ3v) is 5.22. The monoisotopic (exact) mass is 373 g/mol. The van der Waals surface area contributed by atoms with E-state index < -0.39 is 0 Å². The highest BCUT2D eigenvalue weighted by molar-refractivity contribution is 5.93. The molecule has 1 N–H and O–H groups in total. The van der Waals surface area contributed by atoms with Crippen LogP contribution in [0.1, 0.15) is 18.4 Å². The highest BCUT2D eigenvalue weighted by Gasteiger charge is 2.26. The Morgan fingerprint density at radius 3 is 2.43 bits per heavy atom. The number of aromatic nitrogens is 3. The van der Waals surface area contributed by atoms with Crippen LogP contribution in [0.25, 0.3) is 11.3 Å². The van der Waals surface area contributed by atoms with Crippen LogP contribution >= 0.6 is 0 Å². The van der Waals surface area contributed by atoms with Crippen LogP contribution in [0.15, 0.2) is 60.9 Å². The maximum atomic E-state index is 12.6. The van der Waals surface area contributed by atoms with E-state index in [4.69, 9.17) is 0 Å². The molecule has 1 aromatic carbocycles. The SMILES string of the molecule is Cc1ccccc1NC(=O)C1CCN(c2ccc(-c3ccncc3)nn2)CC1. The van der Waals surface area contributed by atoms with E-state index in [9.17, 15) is 4.79 Å². The first-order chi connectivity index (χ1) is 13.7. The van der Waals surface area contributed by atoms with Gasteiger partial charge in [0.2, 0.25) is 5.91 Å². The van der Waals surface area contributed by atoms with Crippen LogP contribution in [0.4, 0.5) is 11.5 Å². The maximum absolute atomic E-state index is 12.6. The minimum atomic E-state index is 0.0277. The molecule has 1 fully saturated rings. The molecule has 0 radical (unpaired) electrons. The van der Waals surface area contributed by atoms with Crippen molar-refractivity contribution < 1.29 is 4.79 Å². The van der Waals surface area contributed by atoms with Gasteiger partial charge in [-0.3, -0.25) is 9.78 Å². The summed E-state index contributed by atoms with van der Waals surface area (Å²) >= 11 is 0. The molecular formula is C22H23N5O. The van der Waals surface area contributed by atoms with Crippen LogP contribution in [0.2, 0.25) is 0 Å². The summed E-state index contributed by atoms with van der Waals surface area (Å²) in [5.41, 5.74) is 3.81. The Kier molecular flexibility index (Phi) is 5.28. The molecule has 3 aromatic rings. The van der Waals surface area contributed by atoms with Gasteiger partial charge in [-0.2, -0.15) is 0 Å². The lowest BCUT2D eigenvalue weighted by Gasteiger charge is -2.32. The number of carbonyl (C=O) groups is 1. The number of hydrogen-bond acceptors (Lipinski definition) is 5. The Morgan fingerprint density at radius 1 is 1.00 bits per heavy atom. The van der Waals surface area contributed by atoms with Crippen molar-refractivity contribution in [3.63, 3.8) is 0 Å². The molecule has 3 heterocycles. The fourth-order valence-electron chi connectivity index (χ4n) is 3.49. The normalized spacial score (nSPS) is 14.7. The Balaban J connectivity index is 1.35. The molecule has 1 saturated heterocycles. The largest absolute Gasteiger partial charge is 0.355 e. The Bertz CT molecular complexity index is 935. The predicted octanol–water partition coefficient (Wildman–Crippen LogP) is 3.70. The summed E-state index contributed by atoms with van der Waals surface area (Å²) in [5.74, 6) is 0.989. The summed E-state index contributed by atoms with van der Waals surface area (Å²) < 4.78 is 0. The topological polar surface area (TPSA) is 71.0 Å². The number of pyridine rings is 1. The van der Waals surface area contributed by atoms with Gasteiger partial charge in [-0.25, -0.2) is 0 Å². The lowest BCUT2D eigenvalue weighted by molar-refractivity contribution is -0.120. The van der Waals surface area contributed by atoms with E-state index in [0.29, 0.717) is 0 Å². The standard InChI is InChI=1S/C22H23N5O/c1-16-4-2-3-5-19(16)24-22(28)18-10-14-27(15-11-18)21-7-6-20(25-26-21)17-8-12-23-13-9-17/h2-9,12-13,18H,10-11,14-15H2,1H3,(H,24,28). The molecule has 1 aliphatic rings. The molecule has 0 spiro atoms. The molecule has 1 amide bonds. The van der Waals surface area contributed by atoms with Crippen molar-refractivity contribution in [2.75, 3.05) is 23.3 Å². The van der Waals surface area contributed by atoms with Crippen molar-refractivity contribution in [2.45, 2.75) is 19.8 Å². The second-order valence-corrected chi connectivity index (χ2v) is 7.08. The maximum Gasteiger partial charge on any atom is 0.227 e. The second-order valence-electron chi connectivity index (χ2n) is 7.08. The molecule has 0 atom stereocenters. The van der Waals surface area contributed by atoms with Gasteiger partial charge in [0.25, 0.3) is 0 Å². The van der Waals surface area contributed by atoms with Gasteiger partial charge >= 0.3 is 0 Å². The van der Waals surface area contributed by atoms with Crippen molar-refractivity contribution in [2.24, 2.45) is 5.92 Å². The predicted molar refractivity (Wildman–Crippen MR) is 110 cm³/mol. The summed E-state index contributed by atoms with van der Waals surface area (Å²) in [6.07, 6.45) is 5.12. The fraction of sp³-hybridized carbons (Fsp3) is 0.273. The molecule has 0 bridgehead atoms. The van der Waals surface area contributed by atoms with Crippen LogP contribution in [0.5, 0.6) is 0 Å². The zero-order valence-corrected chi connectivity index (χ0v) is 15.9. The van der Waals surface area contributed by atoms with Gasteiger partial charge in [0.05, 0.1) is 5.69 Å². The summed E-state index contributed by atoms with van der Waals surface area (Å²) in [6.45, 7) is 3.61. The van der Waals surface area contributed by atoms with E-state index in [1.807, 2.05) is 55.5 Å². The number of amides is 1. The van der Waals surface area contributed by atoms with Crippen LogP contribution in [-0.2, 0) is 4.79 Å². The summed E-state index contributed by atoms with van der Waals surface area (Å²) in [6, 6.07) is 15.7. The zero-order chi connectivity index (χ0) is 19.3. The average molecular weight is 373 g/mol. The first-order valence-corrected chi connectivity index (χ1v) is 9.56. The highest BCUT2D eigenvalue weighted by atomic mass is 16.1. The van der Waals surface area contributed by atoms with Gasteiger partial charge in [0.1, 0.15) is 0 Å². The van der Waals surface area contributed by atoms with Crippen LogP contribution in [-0.4, -0.2) is 34.2 Å². The van der Waals surface area contributed by atoms with Crippen molar-refractivity contribution in [1.82, 2.24) is 15.2 Å². The van der Waals surface area contributed by atoms with Gasteiger partial charge < -0.3 is 10.2 Å². The minimum absolute atomic E-state index is 0.0277. The number of carbonyl (C=O) groups excluding carboxylic acids is 1. The van der Waals surface area contributed by atoms with E-state index >= 15 is 0 Å². The third-order valence-electron chi connectivity index (χ3n) is 5.22. The van der Waals surface area contributed by atoms with Crippen molar-refractivity contribution in [3.05, 3.63) is 66.5 Å². The number of piperidine rings is 1. The van der Waals surface area contributed by atoms with Crippen LogP contribution < -0.4 is 10.2 Å². The molecule has 0 unspecified atom stereocenters. The molecule has 142 valence electrons. The molecule has 0 aliphatic carbocycles. The Labute approximate surface area is 164 Å². The van der Waals surface area contributed by atoms with Gasteiger partial charge in [-0.1, -0.05) is 18.2 Å². The third kappa shape index (κ3) is 4.01. The Hall–Kier alpha value is -3.28. The quantitative estimate of drug-likeness (QED) is 0.755. The number of anilines is 2. The van der Waals surface area contributed by atoms with E-state index in [2.05, 4.69) is 25.4 Å². The molecule has 4 rings (SSSR count). The van der Waals surface area contributed by atoms with Crippen LogP contribution in [0, 0.1) is 12.8 Å². The van der Waals surface area contributed by atoms with Crippen molar-refractivity contribution >= 4 is 17.4 Å². The Morgan fingerprint density at radius 2 is 1.75 bits per heavy atom. The van der Waals surface area contributed by atoms with E-state index in [0.717, 1.165) is 54.3 Å². The smallest absolute Gasteiger partial charge is 0.227 e. The lowest BCUT2D eigenvalue weighted by Crippen LogP contribution is -2.38. The summed E-state index contributed by atoms with van der Waals surface area (Å²) in [7, 11) is 0. The lowest BCUT2D eigenvalue weighted by atomic mass is 9.95. The average Bonchev–Trinajstić information content (AvgIpc) is 2.76. The summed E-state index contributed by atoms with van der Waals surface area (Å²) in [4.78, 5) is 18.8. The number of para-hydroxylation sites is 1. The van der Waals surface area contributed by atoms with Gasteiger partial charge in [0.15, 0.2) is 5.82 Å². The van der Waals surface area contributed by atoms with E-state index in [-0.39, 0.29) is 11.8 Å². The van der Waals surface area contributed by atoms with Crippen LogP contribution in [0.3, 0.4) is 0 Å². The van der Waals surface area contributed by atoms with E-state index in [1.165, 1.54) is 0 Å². The number of hydrogen-bond donors (Lipinski definition) is 1. The molecule has 2 aromatic heterocycles. The number of nitrogens with zero attached hydrogens (tertiary/aromatic N) is 4. The molecule has 0 saturated carbocycles. The van der Waals surface area contributed by atoms with Crippen molar-refractivity contribution in [1.29, 1.82) is 0 Å². The first-order valence-electron chi connectivity index (χ1n) is 9.56. The first kappa shape index (κ1) is 18.1.